The molecule has 1 aromatic heterocycles. The van der Waals surface area contributed by atoms with Crippen molar-refractivity contribution in [1.82, 2.24) is 20.1 Å². The van der Waals surface area contributed by atoms with Gasteiger partial charge in [0.2, 0.25) is 0 Å². The number of nitrogens with zero attached hydrogens (tertiary/aromatic N) is 4. The van der Waals surface area contributed by atoms with Crippen LogP contribution in [0.1, 0.15) is 43.8 Å². The van der Waals surface area contributed by atoms with Crippen molar-refractivity contribution in [3.05, 3.63) is 29.8 Å². The topological polar surface area (TPSA) is 94.8 Å². The van der Waals surface area contributed by atoms with Crippen LogP contribution in [0.4, 0.5) is 5.69 Å². The highest BCUT2D eigenvalue weighted by molar-refractivity contribution is 14.0. The summed E-state index contributed by atoms with van der Waals surface area (Å²) >= 11 is 0. The van der Waals surface area contributed by atoms with Crippen molar-refractivity contribution in [1.29, 1.82) is 0 Å². The van der Waals surface area contributed by atoms with Gasteiger partial charge in [0.1, 0.15) is 12.4 Å². The molecule has 0 amide bonds. The van der Waals surface area contributed by atoms with Gasteiger partial charge in [0.05, 0.1) is 13.2 Å². The van der Waals surface area contributed by atoms with Gasteiger partial charge in [-0.1, -0.05) is 0 Å². The van der Waals surface area contributed by atoms with Gasteiger partial charge >= 0.3 is 0 Å². The minimum atomic E-state index is 0. The molecule has 180 valence electrons. The molecule has 0 saturated heterocycles. The summed E-state index contributed by atoms with van der Waals surface area (Å²) in [5, 5.41) is 15.4. The Hall–Kier alpha value is -2.08. The van der Waals surface area contributed by atoms with Crippen LogP contribution in [0.15, 0.2) is 23.2 Å². The molecule has 1 aromatic carbocycles. The van der Waals surface area contributed by atoms with E-state index in [9.17, 15) is 0 Å². The molecule has 2 aromatic rings. The molecule has 0 unspecified atom stereocenters. The Kier molecular flexibility index (Phi) is 8.65. The highest BCUT2D eigenvalue weighted by Gasteiger charge is 2.21. The number of aliphatic imine (C=N–C) groups is 1. The molecule has 0 radical (unpaired) electrons. The largest absolute Gasteiger partial charge is 0.490 e. The van der Waals surface area contributed by atoms with Gasteiger partial charge in [-0.2, -0.15) is 0 Å². The van der Waals surface area contributed by atoms with Crippen molar-refractivity contribution < 1.29 is 14.2 Å². The third kappa shape index (κ3) is 6.72. The number of nitrogens with one attached hydrogen (secondary N) is 2. The standard InChI is InChI=1S/C23H32N6O3.HI/c1-4-21-27-28-22(29(21)10-1)15-25-23(24-9-2-11-30-16-17-5-6-17)26-18-7-8-19-20(14-18)32-13-3-12-31-19;/h7-8,14,17H,1-6,9-13,15-16H2,(H2,24,25,26);1H. The quantitative estimate of drug-likeness (QED) is 0.207. The molecule has 0 bridgehead atoms. The molecule has 0 spiro atoms. The van der Waals surface area contributed by atoms with Gasteiger partial charge in [-0.05, 0) is 43.7 Å². The molecule has 2 aliphatic heterocycles. The van der Waals surface area contributed by atoms with Crippen LogP contribution in [0, 0.1) is 5.92 Å². The smallest absolute Gasteiger partial charge is 0.196 e. The van der Waals surface area contributed by atoms with Crippen LogP contribution >= 0.6 is 24.0 Å². The first-order chi connectivity index (χ1) is 15.8. The van der Waals surface area contributed by atoms with Gasteiger partial charge in [0, 0.05) is 50.9 Å². The van der Waals surface area contributed by atoms with Crippen LogP contribution < -0.4 is 20.1 Å². The zero-order valence-corrected chi connectivity index (χ0v) is 21.3. The fourth-order valence-electron chi connectivity index (χ4n) is 3.91. The zero-order chi connectivity index (χ0) is 21.6. The van der Waals surface area contributed by atoms with Crippen LogP contribution in [0.3, 0.4) is 0 Å². The summed E-state index contributed by atoms with van der Waals surface area (Å²) in [5.74, 6) is 5.02. The van der Waals surface area contributed by atoms with Crippen molar-refractivity contribution in [2.24, 2.45) is 10.9 Å². The lowest BCUT2D eigenvalue weighted by molar-refractivity contribution is 0.123. The zero-order valence-electron chi connectivity index (χ0n) is 18.9. The number of hydrogen-bond acceptors (Lipinski definition) is 6. The number of ether oxygens (including phenoxy) is 3. The highest BCUT2D eigenvalue weighted by atomic mass is 127. The maximum absolute atomic E-state index is 5.83. The van der Waals surface area contributed by atoms with Gasteiger partial charge < -0.3 is 29.4 Å². The number of hydrogen-bond donors (Lipinski definition) is 2. The predicted molar refractivity (Wildman–Crippen MR) is 137 cm³/mol. The molecule has 2 N–H and O–H groups in total. The Bertz CT molecular complexity index is 946. The van der Waals surface area contributed by atoms with Gasteiger partial charge in [-0.15, -0.1) is 34.2 Å². The lowest BCUT2D eigenvalue weighted by Crippen LogP contribution is -2.32. The Balaban J connectivity index is 0.00000259. The van der Waals surface area contributed by atoms with Crippen molar-refractivity contribution in [2.75, 3.05) is 38.3 Å². The Morgan fingerprint density at radius 1 is 1.15 bits per heavy atom. The summed E-state index contributed by atoms with van der Waals surface area (Å²) in [6.07, 6.45) is 6.58. The van der Waals surface area contributed by atoms with E-state index >= 15 is 0 Å². The van der Waals surface area contributed by atoms with Crippen molar-refractivity contribution in [3.63, 3.8) is 0 Å². The van der Waals surface area contributed by atoms with Crippen molar-refractivity contribution in [3.8, 4) is 11.5 Å². The molecular weight excluding hydrogens is 535 g/mol. The van der Waals surface area contributed by atoms with Crippen LogP contribution in [-0.2, 0) is 24.2 Å². The number of aryl methyl sites for hydroxylation is 1. The van der Waals surface area contributed by atoms with E-state index in [1.807, 2.05) is 18.2 Å². The summed E-state index contributed by atoms with van der Waals surface area (Å²) in [5.41, 5.74) is 0.900. The second-order valence-electron chi connectivity index (χ2n) is 8.59. The summed E-state index contributed by atoms with van der Waals surface area (Å²) in [4.78, 5) is 4.78. The van der Waals surface area contributed by atoms with E-state index in [0.29, 0.717) is 25.7 Å². The molecule has 33 heavy (non-hydrogen) atoms. The predicted octanol–water partition coefficient (Wildman–Crippen LogP) is 3.38. The SMILES string of the molecule is I.c1cc2c(cc1NC(=NCc1nnc3n1CCC3)NCCCOCC1CC1)OCCCO2. The molecule has 0 atom stereocenters. The summed E-state index contributed by atoms with van der Waals surface area (Å²) in [6.45, 7) is 5.23. The molecule has 3 aliphatic rings. The maximum Gasteiger partial charge on any atom is 0.196 e. The van der Waals surface area contributed by atoms with Crippen LogP contribution in [-0.4, -0.2) is 53.7 Å². The lowest BCUT2D eigenvalue weighted by atomic mass is 10.2. The number of anilines is 1. The number of guanidine groups is 1. The third-order valence-electron chi connectivity index (χ3n) is 5.88. The first kappa shape index (κ1) is 24.1. The molecule has 3 heterocycles. The van der Waals surface area contributed by atoms with E-state index in [-0.39, 0.29) is 24.0 Å². The second kappa shape index (κ2) is 11.9. The fraction of sp³-hybridized carbons (Fsp3) is 0.609. The average molecular weight is 568 g/mol. The highest BCUT2D eigenvalue weighted by Crippen LogP contribution is 2.32. The number of rotatable bonds is 9. The van der Waals surface area contributed by atoms with Gasteiger partial charge in [-0.25, -0.2) is 4.99 Å². The number of fused-ring (bicyclic) bond motifs is 2. The maximum atomic E-state index is 5.83. The van der Waals surface area contributed by atoms with Gasteiger partial charge in [-0.3, -0.25) is 0 Å². The molecule has 5 rings (SSSR count). The monoisotopic (exact) mass is 568 g/mol. The average Bonchev–Trinajstić information content (AvgIpc) is 3.45. The van der Waals surface area contributed by atoms with E-state index in [1.54, 1.807) is 0 Å². The summed E-state index contributed by atoms with van der Waals surface area (Å²) in [7, 11) is 0. The third-order valence-corrected chi connectivity index (χ3v) is 5.88. The van der Waals surface area contributed by atoms with E-state index in [1.165, 1.54) is 12.8 Å². The first-order valence-corrected chi connectivity index (χ1v) is 11.8. The Morgan fingerprint density at radius 3 is 2.91 bits per heavy atom. The molecule has 10 heteroatoms. The summed E-state index contributed by atoms with van der Waals surface area (Å²) < 4.78 is 19.5. The molecule has 1 fully saturated rings. The summed E-state index contributed by atoms with van der Waals surface area (Å²) in [6, 6.07) is 5.89. The van der Waals surface area contributed by atoms with Crippen LogP contribution in [0.5, 0.6) is 11.5 Å². The molecular formula is C23H33IN6O3. The number of aromatic nitrogens is 3. The Morgan fingerprint density at radius 2 is 2.03 bits per heavy atom. The van der Waals surface area contributed by atoms with E-state index in [4.69, 9.17) is 19.2 Å². The van der Waals surface area contributed by atoms with E-state index < -0.39 is 0 Å². The Labute approximate surface area is 211 Å². The van der Waals surface area contributed by atoms with E-state index in [0.717, 1.165) is 86.7 Å². The number of benzene rings is 1. The first-order valence-electron chi connectivity index (χ1n) is 11.8. The molecule has 9 nitrogen and oxygen atoms in total. The normalized spacial score (nSPS) is 17.2. The van der Waals surface area contributed by atoms with Crippen LogP contribution in [0.2, 0.25) is 0 Å². The van der Waals surface area contributed by atoms with Gasteiger partial charge in [0.25, 0.3) is 0 Å². The minimum Gasteiger partial charge on any atom is -0.490 e. The minimum absolute atomic E-state index is 0. The van der Waals surface area contributed by atoms with Crippen molar-refractivity contribution in [2.45, 2.75) is 51.6 Å². The second-order valence-corrected chi connectivity index (χ2v) is 8.59. The van der Waals surface area contributed by atoms with Crippen molar-refractivity contribution >= 4 is 35.6 Å². The fourth-order valence-corrected chi connectivity index (χ4v) is 3.91. The molecule has 1 aliphatic carbocycles. The van der Waals surface area contributed by atoms with Crippen LogP contribution in [0.25, 0.3) is 0 Å². The molecule has 1 saturated carbocycles. The number of halogens is 1. The van der Waals surface area contributed by atoms with E-state index in [2.05, 4.69) is 25.4 Å². The lowest BCUT2D eigenvalue weighted by Gasteiger charge is -2.15. The van der Waals surface area contributed by atoms with Gasteiger partial charge in [0.15, 0.2) is 23.3 Å².